The third-order valence-electron chi connectivity index (χ3n) is 5.29. The molecule has 2 aromatic rings. The molecule has 1 atom stereocenters. The third kappa shape index (κ3) is 4.59. The fraction of sp³-hybridized carbons (Fsp3) is 0.478. The van der Waals surface area contributed by atoms with Gasteiger partial charge in [0.25, 0.3) is 0 Å². The van der Waals surface area contributed by atoms with Gasteiger partial charge in [0.15, 0.2) is 0 Å². The zero-order valence-corrected chi connectivity index (χ0v) is 17.3. The molecular weight excluding hydrogens is 352 g/mol. The summed E-state index contributed by atoms with van der Waals surface area (Å²) >= 11 is 1.60. The molecule has 0 bridgehead atoms. The molecule has 0 aliphatic heterocycles. The fourth-order valence-corrected chi connectivity index (χ4v) is 4.98. The van der Waals surface area contributed by atoms with Crippen LogP contribution in [0.15, 0.2) is 24.3 Å². The molecule has 0 saturated carbocycles. The second-order valence-corrected chi connectivity index (χ2v) is 9.04. The quantitative estimate of drug-likeness (QED) is 0.664. The fourth-order valence-electron chi connectivity index (χ4n) is 3.73. The van der Waals surface area contributed by atoms with E-state index in [1.165, 1.54) is 28.8 Å². The number of fused-ring (bicyclic) bond motifs is 1. The van der Waals surface area contributed by atoms with Gasteiger partial charge in [-0.1, -0.05) is 44.5 Å². The molecule has 3 rings (SSSR count). The Balaban J connectivity index is 1.74. The van der Waals surface area contributed by atoms with E-state index in [0.29, 0.717) is 11.5 Å². The summed E-state index contributed by atoms with van der Waals surface area (Å²) in [6, 6.07) is 10.7. The van der Waals surface area contributed by atoms with Gasteiger partial charge >= 0.3 is 0 Å². The average Bonchev–Trinajstić information content (AvgIpc) is 2.80. The standard InChI is InChI=1S/C23H28N2OS/c1-15(2)13-17-9-11-18(12-10-17)16(3)22(26)25-23-20(14-24)19-7-5-4-6-8-21(19)27-23/h9-12,15-16H,4-8,13H2,1-3H3,(H,25,26). The first-order valence-electron chi connectivity index (χ1n) is 9.94. The molecule has 4 heteroatoms. The molecular formula is C23H28N2OS. The van der Waals surface area contributed by atoms with Crippen molar-refractivity contribution in [2.24, 2.45) is 5.92 Å². The first-order chi connectivity index (χ1) is 13.0. The number of rotatable bonds is 5. The van der Waals surface area contributed by atoms with Gasteiger partial charge in [-0.25, -0.2) is 0 Å². The number of nitrogens with one attached hydrogen (secondary N) is 1. The molecule has 0 spiro atoms. The summed E-state index contributed by atoms with van der Waals surface area (Å²) in [5.74, 6) is 0.334. The van der Waals surface area contributed by atoms with Crippen LogP contribution in [0.2, 0.25) is 0 Å². The maximum atomic E-state index is 12.8. The van der Waals surface area contributed by atoms with Crippen LogP contribution in [0.3, 0.4) is 0 Å². The summed E-state index contributed by atoms with van der Waals surface area (Å²) in [6.45, 7) is 6.34. The molecule has 142 valence electrons. The molecule has 1 aromatic carbocycles. The van der Waals surface area contributed by atoms with Crippen molar-refractivity contribution in [2.75, 3.05) is 5.32 Å². The number of thiophene rings is 1. The second-order valence-electron chi connectivity index (χ2n) is 7.93. The molecule has 3 nitrogen and oxygen atoms in total. The van der Waals surface area contributed by atoms with Gasteiger partial charge in [0.1, 0.15) is 11.1 Å². The smallest absolute Gasteiger partial charge is 0.232 e. The molecule has 0 saturated heterocycles. The SMILES string of the molecule is CC(C)Cc1ccc(C(C)C(=O)Nc2sc3c(c2C#N)CCCCC3)cc1. The Kier molecular flexibility index (Phi) is 6.34. The highest BCUT2D eigenvalue weighted by Crippen LogP contribution is 2.37. The number of hydrogen-bond acceptors (Lipinski definition) is 3. The summed E-state index contributed by atoms with van der Waals surface area (Å²) in [4.78, 5) is 14.1. The summed E-state index contributed by atoms with van der Waals surface area (Å²) in [5.41, 5.74) is 4.16. The minimum absolute atomic E-state index is 0.0421. The average molecular weight is 381 g/mol. The van der Waals surface area contributed by atoms with Gasteiger partial charge < -0.3 is 5.32 Å². The highest BCUT2D eigenvalue weighted by molar-refractivity contribution is 7.16. The summed E-state index contributed by atoms with van der Waals surface area (Å²) in [5, 5.41) is 13.4. The maximum absolute atomic E-state index is 12.8. The van der Waals surface area contributed by atoms with Crippen LogP contribution in [0.5, 0.6) is 0 Å². The second kappa shape index (κ2) is 8.71. The largest absolute Gasteiger partial charge is 0.316 e. The number of nitrogens with zero attached hydrogens (tertiary/aromatic N) is 1. The van der Waals surface area contributed by atoms with Crippen molar-refractivity contribution in [3.8, 4) is 6.07 Å². The first-order valence-corrected chi connectivity index (χ1v) is 10.8. The lowest BCUT2D eigenvalue weighted by Crippen LogP contribution is -2.18. The Morgan fingerprint density at radius 3 is 2.52 bits per heavy atom. The molecule has 1 unspecified atom stereocenters. The predicted octanol–water partition coefficient (Wildman–Crippen LogP) is 5.83. The van der Waals surface area contributed by atoms with Gasteiger partial charge in [-0.15, -0.1) is 11.3 Å². The molecule has 27 heavy (non-hydrogen) atoms. The van der Waals surface area contributed by atoms with Crippen LogP contribution in [-0.4, -0.2) is 5.91 Å². The van der Waals surface area contributed by atoms with E-state index in [4.69, 9.17) is 0 Å². The van der Waals surface area contributed by atoms with Crippen molar-refractivity contribution in [3.05, 3.63) is 51.4 Å². The predicted molar refractivity (Wildman–Crippen MR) is 112 cm³/mol. The highest BCUT2D eigenvalue weighted by atomic mass is 32.1. The van der Waals surface area contributed by atoms with Crippen molar-refractivity contribution >= 4 is 22.2 Å². The molecule has 1 N–H and O–H groups in total. The first kappa shape index (κ1) is 19.6. The van der Waals surface area contributed by atoms with Crippen LogP contribution < -0.4 is 5.32 Å². The van der Waals surface area contributed by atoms with Gasteiger partial charge in [0.05, 0.1) is 11.5 Å². The maximum Gasteiger partial charge on any atom is 0.232 e. The van der Waals surface area contributed by atoms with Crippen molar-refractivity contribution in [1.29, 1.82) is 5.26 Å². The number of carbonyl (C=O) groups is 1. The van der Waals surface area contributed by atoms with E-state index in [1.54, 1.807) is 11.3 Å². The van der Waals surface area contributed by atoms with E-state index in [0.717, 1.165) is 36.2 Å². The van der Waals surface area contributed by atoms with Crippen LogP contribution in [0, 0.1) is 17.2 Å². The van der Waals surface area contributed by atoms with E-state index in [2.05, 4.69) is 49.5 Å². The monoisotopic (exact) mass is 380 g/mol. The lowest BCUT2D eigenvalue weighted by Gasteiger charge is -2.13. The van der Waals surface area contributed by atoms with Gasteiger partial charge in [-0.2, -0.15) is 5.26 Å². The Bertz CT molecular complexity index is 842. The van der Waals surface area contributed by atoms with Crippen LogP contribution in [0.25, 0.3) is 0 Å². The van der Waals surface area contributed by atoms with Crippen LogP contribution in [-0.2, 0) is 24.1 Å². The zero-order chi connectivity index (χ0) is 19.4. The minimum atomic E-state index is -0.244. The Hall–Kier alpha value is -2.12. The van der Waals surface area contributed by atoms with E-state index in [-0.39, 0.29) is 11.8 Å². The number of carbonyl (C=O) groups excluding carboxylic acids is 1. The molecule has 1 heterocycles. The van der Waals surface area contributed by atoms with Crippen LogP contribution >= 0.6 is 11.3 Å². The van der Waals surface area contributed by atoms with Crippen LogP contribution in [0.1, 0.15) is 73.1 Å². The van der Waals surface area contributed by atoms with Gasteiger partial charge in [-0.3, -0.25) is 4.79 Å². The van der Waals surface area contributed by atoms with Gasteiger partial charge in [-0.05, 0) is 61.6 Å². The lowest BCUT2D eigenvalue weighted by molar-refractivity contribution is -0.117. The van der Waals surface area contributed by atoms with Crippen molar-refractivity contribution in [1.82, 2.24) is 0 Å². The van der Waals surface area contributed by atoms with E-state index in [9.17, 15) is 10.1 Å². The molecule has 1 amide bonds. The number of aryl methyl sites for hydroxylation is 1. The number of amides is 1. The normalized spacial score (nSPS) is 14.9. The number of hydrogen-bond donors (Lipinski definition) is 1. The van der Waals surface area contributed by atoms with Crippen molar-refractivity contribution in [3.63, 3.8) is 0 Å². The zero-order valence-electron chi connectivity index (χ0n) is 16.5. The number of nitriles is 1. The number of benzene rings is 1. The molecule has 1 aliphatic rings. The number of anilines is 1. The Labute approximate surface area is 166 Å². The van der Waals surface area contributed by atoms with E-state index in [1.807, 2.05) is 6.92 Å². The van der Waals surface area contributed by atoms with Gasteiger partial charge in [0.2, 0.25) is 5.91 Å². The molecule has 1 aliphatic carbocycles. The summed E-state index contributed by atoms with van der Waals surface area (Å²) in [6.07, 6.45) is 6.55. The molecule has 0 fully saturated rings. The van der Waals surface area contributed by atoms with Crippen LogP contribution in [0.4, 0.5) is 5.00 Å². The van der Waals surface area contributed by atoms with E-state index >= 15 is 0 Å². The minimum Gasteiger partial charge on any atom is -0.316 e. The Morgan fingerprint density at radius 2 is 1.85 bits per heavy atom. The van der Waals surface area contributed by atoms with Crippen molar-refractivity contribution in [2.45, 2.75) is 65.2 Å². The van der Waals surface area contributed by atoms with E-state index < -0.39 is 0 Å². The topological polar surface area (TPSA) is 52.9 Å². The molecule has 1 aromatic heterocycles. The highest BCUT2D eigenvalue weighted by Gasteiger charge is 2.23. The summed E-state index contributed by atoms with van der Waals surface area (Å²) < 4.78 is 0. The lowest BCUT2D eigenvalue weighted by atomic mass is 9.96. The third-order valence-corrected chi connectivity index (χ3v) is 6.49. The van der Waals surface area contributed by atoms with Crippen molar-refractivity contribution < 1.29 is 4.79 Å². The van der Waals surface area contributed by atoms with Gasteiger partial charge in [0, 0.05) is 4.88 Å². The summed E-state index contributed by atoms with van der Waals surface area (Å²) in [7, 11) is 0. The molecule has 0 radical (unpaired) electrons. The Morgan fingerprint density at radius 1 is 1.15 bits per heavy atom.